The maximum absolute atomic E-state index is 11.8. The van der Waals surface area contributed by atoms with Gasteiger partial charge in [-0.2, -0.15) is 0 Å². The maximum Gasteiger partial charge on any atom is 0.157 e. The molecular formula is C29H42O6. The van der Waals surface area contributed by atoms with Crippen molar-refractivity contribution in [2.24, 2.45) is 40.4 Å². The Bertz CT molecular complexity index is 993. The molecule has 0 unspecified atom stereocenters. The molecule has 6 heteroatoms. The average molecular weight is 487 g/mol. The Kier molecular flexibility index (Phi) is 6.31. The molecule has 3 N–H and O–H groups in total. The molecule has 0 amide bonds. The molecule has 3 aliphatic carbocycles. The summed E-state index contributed by atoms with van der Waals surface area (Å²) in [7, 11) is 1.81. The number of aromatic hydroxyl groups is 3. The Balaban J connectivity index is 1.95. The number of rotatable bonds is 7. The van der Waals surface area contributed by atoms with Crippen molar-refractivity contribution in [3.63, 3.8) is 0 Å². The van der Waals surface area contributed by atoms with Crippen LogP contribution in [-0.2, 0) is 4.74 Å². The standard InChI is InChI=1S/C29H42O6/c1-15(2)12-20(21-25(33)16(13-30)24(32)17(14-31)26(21)34)28(5)10-8-19-23(28)22-18(27(22,3)4)9-11-29(19,6)35-7/h13-15,18-20,22-23,32-34H,8-12H2,1-7H3/t18-,19-,20-,22-,23-,28-,29-/m1/s1. The number of phenols is 3. The second kappa shape index (κ2) is 8.50. The van der Waals surface area contributed by atoms with E-state index < -0.39 is 17.2 Å². The van der Waals surface area contributed by atoms with Crippen LogP contribution in [0.2, 0.25) is 0 Å². The highest BCUT2D eigenvalue weighted by Crippen LogP contribution is 2.76. The van der Waals surface area contributed by atoms with Crippen LogP contribution in [0.3, 0.4) is 0 Å². The highest BCUT2D eigenvalue weighted by Gasteiger charge is 2.71. The fraction of sp³-hybridized carbons (Fsp3) is 0.724. The first-order chi connectivity index (χ1) is 16.3. The van der Waals surface area contributed by atoms with E-state index in [-0.39, 0.29) is 45.0 Å². The van der Waals surface area contributed by atoms with Gasteiger partial charge in [0, 0.05) is 12.7 Å². The summed E-state index contributed by atoms with van der Waals surface area (Å²) in [6.07, 6.45) is 5.41. The summed E-state index contributed by atoms with van der Waals surface area (Å²) in [5.74, 6) is 0.184. The van der Waals surface area contributed by atoms with E-state index in [0.29, 0.717) is 42.7 Å². The molecule has 0 spiro atoms. The smallest absolute Gasteiger partial charge is 0.157 e. The van der Waals surface area contributed by atoms with Crippen LogP contribution in [0.15, 0.2) is 0 Å². The van der Waals surface area contributed by atoms with E-state index in [1.807, 2.05) is 7.11 Å². The van der Waals surface area contributed by atoms with Gasteiger partial charge < -0.3 is 20.1 Å². The number of carbonyl (C=O) groups excluding carboxylic acids is 2. The quantitative estimate of drug-likeness (QED) is 0.405. The summed E-state index contributed by atoms with van der Waals surface area (Å²) in [6, 6.07) is 0. The number of aldehydes is 2. The number of methoxy groups -OCH3 is 1. The molecule has 4 rings (SSSR count). The predicted octanol–water partition coefficient (Wildman–Crippen LogP) is 6.06. The van der Waals surface area contributed by atoms with E-state index in [9.17, 15) is 24.9 Å². The number of fused-ring (bicyclic) bond motifs is 3. The largest absolute Gasteiger partial charge is 0.507 e. The second-order valence-electron chi connectivity index (χ2n) is 12.9. The van der Waals surface area contributed by atoms with Crippen molar-refractivity contribution in [2.75, 3.05) is 7.11 Å². The van der Waals surface area contributed by atoms with E-state index in [1.54, 1.807) is 0 Å². The molecule has 3 aliphatic rings. The van der Waals surface area contributed by atoms with Gasteiger partial charge in [-0.05, 0) is 85.4 Å². The zero-order valence-electron chi connectivity index (χ0n) is 22.2. The summed E-state index contributed by atoms with van der Waals surface area (Å²) in [6.45, 7) is 13.4. The molecule has 3 saturated carbocycles. The Morgan fingerprint density at radius 1 is 0.886 bits per heavy atom. The van der Waals surface area contributed by atoms with Crippen molar-refractivity contribution in [3.8, 4) is 17.2 Å². The molecule has 0 aliphatic heterocycles. The van der Waals surface area contributed by atoms with Crippen LogP contribution in [0, 0.1) is 40.4 Å². The molecule has 7 atom stereocenters. The van der Waals surface area contributed by atoms with Gasteiger partial charge in [0.25, 0.3) is 0 Å². The third-order valence-corrected chi connectivity index (χ3v) is 10.5. The first-order valence-corrected chi connectivity index (χ1v) is 13.1. The van der Waals surface area contributed by atoms with Gasteiger partial charge in [-0.15, -0.1) is 0 Å². The molecule has 194 valence electrons. The maximum atomic E-state index is 11.8. The van der Waals surface area contributed by atoms with Crippen LogP contribution >= 0.6 is 0 Å². The van der Waals surface area contributed by atoms with Crippen LogP contribution in [0.1, 0.15) is 106 Å². The molecule has 0 heterocycles. The molecule has 0 saturated heterocycles. The summed E-state index contributed by atoms with van der Waals surface area (Å²) >= 11 is 0. The van der Waals surface area contributed by atoms with Crippen LogP contribution in [-0.4, -0.2) is 40.6 Å². The van der Waals surface area contributed by atoms with Crippen molar-refractivity contribution in [1.82, 2.24) is 0 Å². The fourth-order valence-corrected chi connectivity index (χ4v) is 8.47. The third-order valence-electron chi connectivity index (χ3n) is 10.5. The number of carbonyl (C=O) groups is 2. The van der Waals surface area contributed by atoms with Gasteiger partial charge in [0.1, 0.15) is 17.2 Å². The number of phenolic OH excluding ortho intramolecular Hbond substituents is 3. The lowest BCUT2D eigenvalue weighted by Crippen LogP contribution is -2.44. The average Bonchev–Trinajstić information content (AvgIpc) is 3.20. The minimum atomic E-state index is -0.670. The SMILES string of the molecule is CO[C@]1(C)CC[C@@H]2[C@H]([C@H]3[C@H]1CC[C@]3(C)[C@H](CC(C)C)c1c(O)c(C=O)c(O)c(C=O)c1O)C2(C)C. The monoisotopic (exact) mass is 486 g/mol. The zero-order chi connectivity index (χ0) is 26.1. The van der Waals surface area contributed by atoms with Gasteiger partial charge in [0.2, 0.25) is 0 Å². The van der Waals surface area contributed by atoms with Crippen molar-refractivity contribution in [3.05, 3.63) is 16.7 Å². The highest BCUT2D eigenvalue weighted by atomic mass is 16.5. The molecule has 3 fully saturated rings. The predicted molar refractivity (Wildman–Crippen MR) is 134 cm³/mol. The normalized spacial score (nSPS) is 36.2. The first kappa shape index (κ1) is 26.0. The van der Waals surface area contributed by atoms with Gasteiger partial charge in [0.05, 0.1) is 16.7 Å². The fourth-order valence-electron chi connectivity index (χ4n) is 8.47. The molecule has 35 heavy (non-hydrogen) atoms. The molecule has 0 aromatic heterocycles. The highest BCUT2D eigenvalue weighted by molar-refractivity contribution is 5.95. The number of ether oxygens (including phenoxy) is 1. The minimum absolute atomic E-state index is 0.215. The molecule has 0 bridgehead atoms. The van der Waals surface area contributed by atoms with E-state index in [1.165, 1.54) is 0 Å². The van der Waals surface area contributed by atoms with E-state index in [4.69, 9.17) is 4.74 Å². The summed E-state index contributed by atoms with van der Waals surface area (Å²) in [5.41, 5.74) is -0.773. The van der Waals surface area contributed by atoms with Gasteiger partial charge in [0.15, 0.2) is 12.6 Å². The molecule has 0 radical (unpaired) electrons. The number of hydrogen-bond donors (Lipinski definition) is 3. The topological polar surface area (TPSA) is 104 Å². The number of hydrogen-bond acceptors (Lipinski definition) is 6. The Morgan fingerprint density at radius 3 is 1.91 bits per heavy atom. The Morgan fingerprint density at radius 2 is 1.43 bits per heavy atom. The number of benzene rings is 1. The second-order valence-corrected chi connectivity index (χ2v) is 12.9. The summed E-state index contributed by atoms with van der Waals surface area (Å²) in [4.78, 5) is 23.7. The van der Waals surface area contributed by atoms with Crippen molar-refractivity contribution in [2.45, 2.75) is 85.2 Å². The Labute approximate surface area is 209 Å². The van der Waals surface area contributed by atoms with Gasteiger partial charge in [-0.1, -0.05) is 34.6 Å². The van der Waals surface area contributed by atoms with E-state index >= 15 is 0 Å². The van der Waals surface area contributed by atoms with Gasteiger partial charge >= 0.3 is 0 Å². The molecule has 1 aromatic carbocycles. The van der Waals surface area contributed by atoms with Crippen LogP contribution < -0.4 is 0 Å². The molecule has 1 aromatic rings. The van der Waals surface area contributed by atoms with Crippen LogP contribution in [0.5, 0.6) is 17.2 Å². The van der Waals surface area contributed by atoms with Crippen molar-refractivity contribution >= 4 is 12.6 Å². The summed E-state index contributed by atoms with van der Waals surface area (Å²) < 4.78 is 6.18. The van der Waals surface area contributed by atoms with E-state index in [0.717, 1.165) is 25.7 Å². The summed E-state index contributed by atoms with van der Waals surface area (Å²) in [5, 5.41) is 32.8. The van der Waals surface area contributed by atoms with Crippen LogP contribution in [0.4, 0.5) is 0 Å². The van der Waals surface area contributed by atoms with Crippen molar-refractivity contribution in [1.29, 1.82) is 0 Å². The lowest BCUT2D eigenvalue weighted by atomic mass is 9.59. The molecule has 6 nitrogen and oxygen atoms in total. The van der Waals surface area contributed by atoms with Crippen LogP contribution in [0.25, 0.3) is 0 Å². The first-order valence-electron chi connectivity index (χ1n) is 13.1. The lowest BCUT2D eigenvalue weighted by Gasteiger charge is -2.46. The lowest BCUT2D eigenvalue weighted by molar-refractivity contribution is -0.0754. The van der Waals surface area contributed by atoms with Gasteiger partial charge in [-0.3, -0.25) is 9.59 Å². The van der Waals surface area contributed by atoms with E-state index in [2.05, 4.69) is 41.5 Å². The van der Waals surface area contributed by atoms with Crippen molar-refractivity contribution < 1.29 is 29.6 Å². The Hall–Kier alpha value is -2.08. The molecular weight excluding hydrogens is 444 g/mol. The third kappa shape index (κ3) is 3.61. The minimum Gasteiger partial charge on any atom is -0.507 e. The zero-order valence-corrected chi connectivity index (χ0v) is 22.2. The van der Waals surface area contributed by atoms with Gasteiger partial charge in [-0.25, -0.2) is 0 Å².